The largest absolute Gasteiger partial charge is 0.339 e. The first-order valence-electron chi connectivity index (χ1n) is 9.10. The molecule has 1 saturated heterocycles. The molecule has 5 nitrogen and oxygen atoms in total. The first-order chi connectivity index (χ1) is 12.1. The molecule has 1 aromatic carbocycles. The summed E-state index contributed by atoms with van der Waals surface area (Å²) >= 11 is 5.15. The fourth-order valence-corrected chi connectivity index (χ4v) is 3.07. The highest BCUT2D eigenvalue weighted by Gasteiger charge is 2.17. The van der Waals surface area contributed by atoms with Crippen LogP contribution in [0.2, 0.25) is 0 Å². The minimum absolute atomic E-state index is 0.0766. The number of benzene rings is 1. The van der Waals surface area contributed by atoms with Crippen LogP contribution in [0.4, 0.5) is 5.69 Å². The van der Waals surface area contributed by atoms with E-state index in [-0.39, 0.29) is 16.9 Å². The number of carbonyl (C=O) groups is 2. The van der Waals surface area contributed by atoms with Gasteiger partial charge >= 0.3 is 0 Å². The van der Waals surface area contributed by atoms with Crippen LogP contribution in [0.5, 0.6) is 0 Å². The lowest BCUT2D eigenvalue weighted by Crippen LogP contribution is -2.34. The van der Waals surface area contributed by atoms with Gasteiger partial charge in [-0.15, -0.1) is 0 Å². The third-order valence-corrected chi connectivity index (χ3v) is 4.50. The Morgan fingerprint density at radius 3 is 2.32 bits per heavy atom. The number of likely N-dealkylation sites (tertiary alicyclic amines) is 1. The summed E-state index contributed by atoms with van der Waals surface area (Å²) in [5.41, 5.74) is 1.44. The van der Waals surface area contributed by atoms with Gasteiger partial charge in [0.05, 0.1) is 0 Å². The van der Waals surface area contributed by atoms with Crippen LogP contribution in [0.15, 0.2) is 24.3 Å². The van der Waals surface area contributed by atoms with Gasteiger partial charge in [-0.3, -0.25) is 9.59 Å². The van der Waals surface area contributed by atoms with Crippen molar-refractivity contribution in [1.82, 2.24) is 10.2 Å². The smallest absolute Gasteiger partial charge is 0.253 e. The number of hydrogen-bond acceptors (Lipinski definition) is 3. The molecule has 0 aliphatic carbocycles. The van der Waals surface area contributed by atoms with Gasteiger partial charge in [0.1, 0.15) is 0 Å². The molecule has 0 saturated carbocycles. The molecule has 2 amide bonds. The third-order valence-electron chi connectivity index (χ3n) is 4.29. The summed E-state index contributed by atoms with van der Waals surface area (Å²) in [7, 11) is 0. The second-order valence-electron chi connectivity index (χ2n) is 6.39. The summed E-state index contributed by atoms with van der Waals surface area (Å²) < 4.78 is 0. The molecule has 0 atom stereocenters. The summed E-state index contributed by atoms with van der Waals surface area (Å²) in [6.07, 6.45) is 6.86. The van der Waals surface area contributed by atoms with E-state index in [0.29, 0.717) is 12.0 Å². The maximum Gasteiger partial charge on any atom is 0.253 e. The molecule has 0 bridgehead atoms. The number of hydrogen-bond donors (Lipinski definition) is 2. The van der Waals surface area contributed by atoms with Gasteiger partial charge in [0.15, 0.2) is 5.11 Å². The minimum atomic E-state index is -0.0766. The van der Waals surface area contributed by atoms with E-state index in [9.17, 15) is 9.59 Å². The fraction of sp³-hybridized carbons (Fsp3) is 0.526. The lowest BCUT2D eigenvalue weighted by Gasteiger charge is -2.20. The van der Waals surface area contributed by atoms with Crippen molar-refractivity contribution in [3.05, 3.63) is 29.8 Å². The Morgan fingerprint density at radius 1 is 1.08 bits per heavy atom. The van der Waals surface area contributed by atoms with Crippen LogP contribution in [-0.2, 0) is 4.79 Å². The molecule has 136 valence electrons. The van der Waals surface area contributed by atoms with Crippen molar-refractivity contribution >= 4 is 34.8 Å². The average molecular weight is 362 g/mol. The molecule has 1 aromatic rings. The van der Waals surface area contributed by atoms with Crippen molar-refractivity contribution in [3.63, 3.8) is 0 Å². The van der Waals surface area contributed by atoms with Crippen LogP contribution in [0, 0.1) is 0 Å². The molecule has 0 unspecified atom stereocenters. The van der Waals surface area contributed by atoms with Gasteiger partial charge in [0, 0.05) is 30.8 Å². The van der Waals surface area contributed by atoms with Crippen molar-refractivity contribution in [3.8, 4) is 0 Å². The standard InChI is InChI=1S/C19H27N3O2S/c1-2-3-8-17(23)21-19(25)20-16-11-9-15(10-12-16)18(24)22-13-6-4-5-7-14-22/h9-12H,2-8,13-14H2,1H3,(H2,20,21,23,25). The molecular weight excluding hydrogens is 334 g/mol. The van der Waals surface area contributed by atoms with Crippen molar-refractivity contribution in [2.45, 2.75) is 51.9 Å². The second kappa shape index (κ2) is 10.1. The van der Waals surface area contributed by atoms with Crippen molar-refractivity contribution in [1.29, 1.82) is 0 Å². The first kappa shape index (κ1) is 19.4. The highest BCUT2D eigenvalue weighted by molar-refractivity contribution is 7.80. The zero-order valence-electron chi connectivity index (χ0n) is 14.8. The maximum absolute atomic E-state index is 12.6. The highest BCUT2D eigenvalue weighted by Crippen LogP contribution is 2.15. The predicted octanol–water partition coefficient (Wildman–Crippen LogP) is 3.71. The molecular formula is C19H27N3O2S. The van der Waals surface area contributed by atoms with Gasteiger partial charge in [0.2, 0.25) is 5.91 Å². The zero-order chi connectivity index (χ0) is 18.1. The second-order valence-corrected chi connectivity index (χ2v) is 6.80. The molecule has 2 rings (SSSR count). The van der Waals surface area contributed by atoms with Crippen LogP contribution >= 0.6 is 12.2 Å². The molecule has 6 heteroatoms. The predicted molar refractivity (Wildman–Crippen MR) is 105 cm³/mol. The van der Waals surface area contributed by atoms with Crippen molar-refractivity contribution < 1.29 is 9.59 Å². The number of rotatable bonds is 5. The molecule has 1 aliphatic rings. The minimum Gasteiger partial charge on any atom is -0.339 e. The Hall–Kier alpha value is -1.95. The summed E-state index contributed by atoms with van der Waals surface area (Å²) in [6, 6.07) is 7.24. The lowest BCUT2D eigenvalue weighted by molar-refractivity contribution is -0.119. The SMILES string of the molecule is CCCCC(=O)NC(=S)Nc1ccc(C(=O)N2CCCCCC2)cc1. The summed E-state index contributed by atoms with van der Waals surface area (Å²) in [5, 5.41) is 5.93. The van der Waals surface area contributed by atoms with Gasteiger partial charge in [-0.25, -0.2) is 0 Å². The molecule has 0 spiro atoms. The monoisotopic (exact) mass is 361 g/mol. The van der Waals surface area contributed by atoms with Gasteiger partial charge in [-0.05, 0) is 55.7 Å². The number of nitrogens with one attached hydrogen (secondary N) is 2. The molecule has 1 fully saturated rings. The number of amides is 2. The van der Waals surface area contributed by atoms with E-state index in [1.165, 1.54) is 12.8 Å². The normalized spacial score (nSPS) is 14.5. The lowest BCUT2D eigenvalue weighted by atomic mass is 10.1. The average Bonchev–Trinajstić information content (AvgIpc) is 2.89. The van der Waals surface area contributed by atoms with Crippen LogP contribution in [0.3, 0.4) is 0 Å². The Kier molecular flexibility index (Phi) is 7.85. The molecule has 1 heterocycles. The van der Waals surface area contributed by atoms with E-state index in [1.807, 2.05) is 24.0 Å². The van der Waals surface area contributed by atoms with E-state index < -0.39 is 0 Å². The number of unbranched alkanes of at least 4 members (excludes halogenated alkanes) is 1. The van der Waals surface area contributed by atoms with Crippen LogP contribution < -0.4 is 10.6 Å². The van der Waals surface area contributed by atoms with Crippen molar-refractivity contribution in [2.24, 2.45) is 0 Å². The topological polar surface area (TPSA) is 61.4 Å². The number of carbonyl (C=O) groups excluding carboxylic acids is 2. The first-order valence-corrected chi connectivity index (χ1v) is 9.51. The third kappa shape index (κ3) is 6.46. The summed E-state index contributed by atoms with van der Waals surface area (Å²) in [4.78, 5) is 26.2. The number of anilines is 1. The number of thiocarbonyl (C=S) groups is 1. The molecule has 0 aromatic heterocycles. The Balaban J connectivity index is 1.87. The maximum atomic E-state index is 12.6. The van der Waals surface area contributed by atoms with E-state index in [1.54, 1.807) is 12.1 Å². The van der Waals surface area contributed by atoms with Crippen LogP contribution in [-0.4, -0.2) is 34.9 Å². The number of nitrogens with zero attached hydrogens (tertiary/aromatic N) is 1. The van der Waals surface area contributed by atoms with E-state index in [4.69, 9.17) is 12.2 Å². The van der Waals surface area contributed by atoms with Gasteiger partial charge in [0.25, 0.3) is 5.91 Å². The van der Waals surface area contributed by atoms with E-state index in [2.05, 4.69) is 10.6 Å². The van der Waals surface area contributed by atoms with Gasteiger partial charge in [-0.1, -0.05) is 26.2 Å². The summed E-state index contributed by atoms with van der Waals surface area (Å²) in [6.45, 7) is 3.72. The molecule has 25 heavy (non-hydrogen) atoms. The van der Waals surface area contributed by atoms with Crippen LogP contribution in [0.1, 0.15) is 62.2 Å². The fourth-order valence-electron chi connectivity index (χ4n) is 2.84. The zero-order valence-corrected chi connectivity index (χ0v) is 15.7. The Labute approximate surface area is 155 Å². The molecule has 2 N–H and O–H groups in total. The Bertz CT molecular complexity index is 593. The van der Waals surface area contributed by atoms with Gasteiger partial charge in [-0.2, -0.15) is 0 Å². The Morgan fingerprint density at radius 2 is 1.72 bits per heavy atom. The van der Waals surface area contributed by atoms with Crippen LogP contribution in [0.25, 0.3) is 0 Å². The molecule has 0 radical (unpaired) electrons. The van der Waals surface area contributed by atoms with Gasteiger partial charge < -0.3 is 15.5 Å². The summed E-state index contributed by atoms with van der Waals surface area (Å²) in [5.74, 6) is 0.0104. The van der Waals surface area contributed by atoms with E-state index >= 15 is 0 Å². The quantitative estimate of drug-likeness (QED) is 0.785. The highest BCUT2D eigenvalue weighted by atomic mass is 32.1. The van der Waals surface area contributed by atoms with E-state index in [0.717, 1.165) is 44.5 Å². The molecule has 1 aliphatic heterocycles. The van der Waals surface area contributed by atoms with Crippen molar-refractivity contribution in [2.75, 3.05) is 18.4 Å².